The van der Waals surface area contributed by atoms with Crippen LogP contribution in [0.3, 0.4) is 0 Å². The van der Waals surface area contributed by atoms with E-state index in [0.29, 0.717) is 17.5 Å². The quantitative estimate of drug-likeness (QED) is 0.175. The van der Waals surface area contributed by atoms with Gasteiger partial charge in [0.2, 0.25) is 0 Å². The van der Waals surface area contributed by atoms with Crippen molar-refractivity contribution < 1.29 is 4.42 Å². The molecule has 0 spiro atoms. The van der Waals surface area contributed by atoms with Crippen LogP contribution in [0.4, 0.5) is 0 Å². The van der Waals surface area contributed by atoms with Crippen molar-refractivity contribution in [1.82, 2.24) is 15.0 Å². The summed E-state index contributed by atoms with van der Waals surface area (Å²) >= 11 is 1.81. The maximum absolute atomic E-state index is 6.94. The zero-order valence-corrected chi connectivity index (χ0v) is 31.9. The molecule has 0 radical (unpaired) electrons. The van der Waals surface area contributed by atoms with Gasteiger partial charge in [0.1, 0.15) is 11.2 Å². The van der Waals surface area contributed by atoms with Gasteiger partial charge < -0.3 is 4.42 Å². The van der Waals surface area contributed by atoms with Crippen LogP contribution >= 0.6 is 11.3 Å². The van der Waals surface area contributed by atoms with E-state index >= 15 is 0 Å². The Bertz CT molecular complexity index is 3590. The van der Waals surface area contributed by atoms with Gasteiger partial charge in [0, 0.05) is 53.2 Å². The summed E-state index contributed by atoms with van der Waals surface area (Å²) in [7, 11) is 0. The summed E-state index contributed by atoms with van der Waals surface area (Å²) < 4.78 is 9.44. The van der Waals surface area contributed by atoms with E-state index in [1.807, 2.05) is 0 Å². The molecule has 0 atom stereocenters. The predicted molar refractivity (Wildman–Crippen MR) is 242 cm³/mol. The smallest absolute Gasteiger partial charge is 0.164 e. The first-order valence-corrected chi connectivity index (χ1v) is 20.2. The number of benzene rings is 9. The van der Waals surface area contributed by atoms with E-state index in [0.717, 1.165) is 71.5 Å². The predicted octanol–water partition coefficient (Wildman–Crippen LogP) is 14.8. The molecule has 0 fully saturated rings. The normalized spacial score (nSPS) is 11.8. The number of rotatable bonds is 5. The van der Waals surface area contributed by atoms with E-state index in [9.17, 15) is 0 Å². The second-order valence-corrected chi connectivity index (χ2v) is 15.9. The highest BCUT2D eigenvalue weighted by Crippen LogP contribution is 2.44. The molecule has 0 saturated carbocycles. The lowest BCUT2D eigenvalue weighted by Crippen LogP contribution is -2.00. The van der Waals surface area contributed by atoms with Crippen LogP contribution < -0.4 is 0 Å². The molecule has 3 heterocycles. The second-order valence-electron chi connectivity index (χ2n) is 14.8. The standard InChI is InChI=1S/C53H31N3OS/c1-2-11-32(12-3-1)35-17-10-18-38(27-35)41-24-25-43(49-45-29-36-15-6-7-16-37(36)31-46(45)57-50(41)49)53-55-51(39-22-21-33-13-4-5-14-34(33)28-39)54-52(56-53)40-23-26-48-44(30-40)42-19-8-9-20-47(42)58-48/h1-31H. The van der Waals surface area contributed by atoms with Crippen molar-refractivity contribution in [2.24, 2.45) is 0 Å². The molecular weight excluding hydrogens is 727 g/mol. The van der Waals surface area contributed by atoms with Gasteiger partial charge in [0.05, 0.1) is 0 Å². The molecule has 4 nitrogen and oxygen atoms in total. The molecule has 0 unspecified atom stereocenters. The SMILES string of the molecule is c1ccc(-c2cccc(-c3ccc(-c4nc(-c5ccc6ccccc6c5)nc(-c5ccc6sc7ccccc7c6c5)n4)c4c3oc3cc5ccccc5cc34)c2)cc1. The molecule has 0 bridgehead atoms. The summed E-state index contributed by atoms with van der Waals surface area (Å²) in [4.78, 5) is 15.8. The number of hydrogen-bond acceptors (Lipinski definition) is 5. The fourth-order valence-corrected chi connectivity index (χ4v) is 9.51. The zero-order chi connectivity index (χ0) is 38.2. The molecule has 9 aromatic carbocycles. The highest BCUT2D eigenvalue weighted by Gasteiger charge is 2.22. The molecule has 0 amide bonds. The van der Waals surface area contributed by atoms with Crippen LogP contribution in [0.2, 0.25) is 0 Å². The summed E-state index contributed by atoms with van der Waals surface area (Å²) in [6.07, 6.45) is 0. The Hall–Kier alpha value is -7.47. The molecule has 5 heteroatoms. The van der Waals surface area contributed by atoms with Crippen molar-refractivity contribution >= 4 is 75.0 Å². The van der Waals surface area contributed by atoms with Crippen molar-refractivity contribution in [2.45, 2.75) is 0 Å². The molecule has 0 aliphatic heterocycles. The van der Waals surface area contributed by atoms with Crippen molar-refractivity contribution in [3.8, 4) is 56.4 Å². The fraction of sp³-hybridized carbons (Fsp3) is 0. The maximum Gasteiger partial charge on any atom is 0.164 e. The molecule has 3 aromatic heterocycles. The summed E-state index contributed by atoms with van der Waals surface area (Å²) in [5.41, 5.74) is 8.78. The van der Waals surface area contributed by atoms with Crippen LogP contribution in [0.15, 0.2) is 192 Å². The molecule has 0 N–H and O–H groups in total. The Balaban J connectivity index is 1.13. The Morgan fingerprint density at radius 2 is 0.966 bits per heavy atom. The summed E-state index contributed by atoms with van der Waals surface area (Å²) in [6, 6.07) is 66.3. The largest absolute Gasteiger partial charge is 0.455 e. The van der Waals surface area contributed by atoms with Crippen LogP contribution in [-0.4, -0.2) is 15.0 Å². The minimum atomic E-state index is 0.592. The lowest BCUT2D eigenvalue weighted by molar-refractivity contribution is 0.670. The first-order valence-electron chi connectivity index (χ1n) is 19.4. The molecule has 270 valence electrons. The van der Waals surface area contributed by atoms with Crippen molar-refractivity contribution in [2.75, 3.05) is 0 Å². The molecule has 12 aromatic rings. The zero-order valence-electron chi connectivity index (χ0n) is 31.1. The van der Waals surface area contributed by atoms with Gasteiger partial charge >= 0.3 is 0 Å². The third-order valence-corrected chi connectivity index (χ3v) is 12.4. The van der Waals surface area contributed by atoms with Crippen LogP contribution in [0.1, 0.15) is 0 Å². The van der Waals surface area contributed by atoms with Crippen molar-refractivity contribution in [1.29, 1.82) is 0 Å². The molecular formula is C53H31N3OS. The van der Waals surface area contributed by atoms with Gasteiger partial charge in [-0.1, -0.05) is 127 Å². The summed E-state index contributed by atoms with van der Waals surface area (Å²) in [5.74, 6) is 1.83. The average Bonchev–Trinajstić information content (AvgIpc) is 3.86. The highest BCUT2D eigenvalue weighted by atomic mass is 32.1. The summed E-state index contributed by atoms with van der Waals surface area (Å²) in [6.45, 7) is 0. The monoisotopic (exact) mass is 757 g/mol. The first-order chi connectivity index (χ1) is 28.7. The molecule has 0 aliphatic carbocycles. The van der Waals surface area contributed by atoms with Gasteiger partial charge in [0.25, 0.3) is 0 Å². The van der Waals surface area contributed by atoms with E-state index in [-0.39, 0.29) is 0 Å². The third kappa shape index (κ3) is 5.40. The Morgan fingerprint density at radius 1 is 0.345 bits per heavy atom. The molecule has 0 aliphatic rings. The molecule has 12 rings (SSSR count). The van der Waals surface area contributed by atoms with E-state index in [1.165, 1.54) is 31.1 Å². The topological polar surface area (TPSA) is 51.8 Å². The third-order valence-electron chi connectivity index (χ3n) is 11.3. The summed E-state index contributed by atoms with van der Waals surface area (Å²) in [5, 5.41) is 9.00. The lowest BCUT2D eigenvalue weighted by atomic mass is 9.95. The highest BCUT2D eigenvalue weighted by molar-refractivity contribution is 7.25. The van der Waals surface area contributed by atoms with E-state index in [4.69, 9.17) is 19.4 Å². The number of thiophene rings is 1. The number of furan rings is 1. The Kier molecular flexibility index (Phi) is 7.37. The number of fused-ring (bicyclic) bond motifs is 8. The van der Waals surface area contributed by atoms with Crippen LogP contribution in [0.25, 0.3) is 120 Å². The molecule has 0 saturated heterocycles. The van der Waals surface area contributed by atoms with Crippen LogP contribution in [0, 0.1) is 0 Å². The second kappa shape index (κ2) is 13.1. The Labute approximate surface area is 337 Å². The van der Waals surface area contributed by atoms with E-state index in [1.54, 1.807) is 11.3 Å². The van der Waals surface area contributed by atoms with Gasteiger partial charge in [-0.25, -0.2) is 15.0 Å². The van der Waals surface area contributed by atoms with Crippen molar-refractivity contribution in [3.63, 3.8) is 0 Å². The number of nitrogens with zero attached hydrogens (tertiary/aromatic N) is 3. The fourth-order valence-electron chi connectivity index (χ4n) is 8.42. The molecule has 58 heavy (non-hydrogen) atoms. The van der Waals surface area contributed by atoms with E-state index < -0.39 is 0 Å². The van der Waals surface area contributed by atoms with Crippen LogP contribution in [-0.2, 0) is 0 Å². The lowest BCUT2D eigenvalue weighted by Gasteiger charge is -2.12. The van der Waals surface area contributed by atoms with Gasteiger partial charge in [-0.15, -0.1) is 11.3 Å². The van der Waals surface area contributed by atoms with Gasteiger partial charge in [-0.3, -0.25) is 0 Å². The average molecular weight is 758 g/mol. The van der Waals surface area contributed by atoms with Gasteiger partial charge in [-0.05, 0) is 98.9 Å². The first kappa shape index (κ1) is 32.7. The minimum Gasteiger partial charge on any atom is -0.455 e. The number of hydrogen-bond donors (Lipinski definition) is 0. The number of aromatic nitrogens is 3. The van der Waals surface area contributed by atoms with Crippen molar-refractivity contribution in [3.05, 3.63) is 188 Å². The Morgan fingerprint density at radius 3 is 1.81 bits per heavy atom. The van der Waals surface area contributed by atoms with E-state index in [2.05, 4.69) is 188 Å². The minimum absolute atomic E-state index is 0.592. The van der Waals surface area contributed by atoms with Gasteiger partial charge in [0.15, 0.2) is 17.5 Å². The maximum atomic E-state index is 6.94. The van der Waals surface area contributed by atoms with Crippen LogP contribution in [0.5, 0.6) is 0 Å². The van der Waals surface area contributed by atoms with Gasteiger partial charge in [-0.2, -0.15) is 0 Å².